The number of methoxy groups -OCH3 is 1. The number of fused-ring (bicyclic) bond motifs is 1. The van der Waals surface area contributed by atoms with Crippen LogP contribution in [0.2, 0.25) is 0 Å². The van der Waals surface area contributed by atoms with Gasteiger partial charge in [0.2, 0.25) is 0 Å². The van der Waals surface area contributed by atoms with Crippen LogP contribution >= 0.6 is 0 Å². The highest BCUT2D eigenvalue weighted by atomic mass is 16.5. The van der Waals surface area contributed by atoms with Crippen molar-refractivity contribution in [2.75, 3.05) is 7.11 Å². The lowest BCUT2D eigenvalue weighted by Gasteiger charge is -2.13. The molecule has 0 amide bonds. The maximum Gasteiger partial charge on any atom is 0.163 e. The summed E-state index contributed by atoms with van der Waals surface area (Å²) in [4.78, 5) is 11.8. The van der Waals surface area contributed by atoms with Gasteiger partial charge in [0.25, 0.3) is 0 Å². The minimum Gasteiger partial charge on any atom is -0.497 e. The molecule has 18 heavy (non-hydrogen) atoms. The Morgan fingerprint density at radius 2 is 2.00 bits per heavy atom. The molecule has 0 spiro atoms. The van der Waals surface area contributed by atoms with Crippen LogP contribution in [0.5, 0.6) is 5.75 Å². The van der Waals surface area contributed by atoms with Crippen LogP contribution in [-0.4, -0.2) is 12.9 Å². The predicted molar refractivity (Wildman–Crippen MR) is 75.5 cm³/mol. The summed E-state index contributed by atoms with van der Waals surface area (Å²) in [6.07, 6.45) is 1.74. The molecule has 0 fully saturated rings. The number of carbonyl (C=O) groups is 1. The molecule has 2 nitrogen and oxygen atoms in total. The highest BCUT2D eigenvalue weighted by molar-refractivity contribution is 6.01. The number of Topliss-reactive ketones (excluding diaryl/α,β-unsaturated/α-hetero) is 1. The normalized spacial score (nSPS) is 17.2. The summed E-state index contributed by atoms with van der Waals surface area (Å²) in [6.45, 7) is 8.39. The van der Waals surface area contributed by atoms with Crippen molar-refractivity contribution in [2.24, 2.45) is 5.92 Å². The second-order valence-electron chi connectivity index (χ2n) is 4.91. The van der Waals surface area contributed by atoms with E-state index in [1.165, 1.54) is 5.56 Å². The van der Waals surface area contributed by atoms with Crippen LogP contribution in [0.3, 0.4) is 0 Å². The molecule has 1 aliphatic carbocycles. The van der Waals surface area contributed by atoms with Gasteiger partial charge in [-0.05, 0) is 42.0 Å². The molecule has 1 aromatic carbocycles. The van der Waals surface area contributed by atoms with E-state index in [-0.39, 0.29) is 5.78 Å². The maximum absolute atomic E-state index is 11.8. The molecule has 100 valence electrons. The van der Waals surface area contributed by atoms with Crippen LogP contribution in [-0.2, 0) is 0 Å². The minimum atomic E-state index is 0.281. The smallest absolute Gasteiger partial charge is 0.163 e. The second kappa shape index (κ2) is 6.58. The molecule has 2 heteroatoms. The van der Waals surface area contributed by atoms with Crippen LogP contribution < -0.4 is 4.74 Å². The number of rotatable bonds is 3. The van der Waals surface area contributed by atoms with Crippen molar-refractivity contribution < 1.29 is 9.53 Å². The van der Waals surface area contributed by atoms with E-state index in [1.54, 1.807) is 7.11 Å². The lowest BCUT2D eigenvalue weighted by atomic mass is 9.92. The summed E-state index contributed by atoms with van der Waals surface area (Å²) in [5.41, 5.74) is 2.07. The van der Waals surface area contributed by atoms with Gasteiger partial charge < -0.3 is 4.74 Å². The predicted octanol–water partition coefficient (Wildman–Crippen LogP) is 4.44. The summed E-state index contributed by atoms with van der Waals surface area (Å²) in [5.74, 6) is 2.14. The highest BCUT2D eigenvalue weighted by Gasteiger charge is 2.29. The first-order valence-electron chi connectivity index (χ1n) is 6.83. The number of hydrogen-bond acceptors (Lipinski definition) is 2. The van der Waals surface area contributed by atoms with Gasteiger partial charge >= 0.3 is 0 Å². The standard InChI is InChI=1S/C14H18O2.C2H6/c1-9(2)6-10-7-14(15)12-5-4-11(16-3)8-13(10)12;1-2/h4-5,8-10H,6-7H2,1-3H3;1-2H3. The SMILES string of the molecule is CC.COc1ccc2c(c1)C(CC(C)C)CC2=O. The fourth-order valence-electron chi connectivity index (χ4n) is 2.48. The molecule has 0 heterocycles. The summed E-state index contributed by atoms with van der Waals surface area (Å²) >= 11 is 0. The summed E-state index contributed by atoms with van der Waals surface area (Å²) in [7, 11) is 1.66. The minimum absolute atomic E-state index is 0.281. The third-order valence-electron chi connectivity index (χ3n) is 3.19. The molecule has 0 radical (unpaired) electrons. The van der Waals surface area contributed by atoms with Crippen molar-refractivity contribution in [1.29, 1.82) is 0 Å². The molecule has 1 aromatic rings. The van der Waals surface area contributed by atoms with E-state index >= 15 is 0 Å². The van der Waals surface area contributed by atoms with Gasteiger partial charge in [-0.1, -0.05) is 27.7 Å². The van der Waals surface area contributed by atoms with E-state index in [2.05, 4.69) is 13.8 Å². The van der Waals surface area contributed by atoms with E-state index < -0.39 is 0 Å². The Bertz CT molecular complexity index is 408. The molecule has 1 unspecified atom stereocenters. The van der Waals surface area contributed by atoms with E-state index in [0.717, 1.165) is 17.7 Å². The quantitative estimate of drug-likeness (QED) is 0.790. The van der Waals surface area contributed by atoms with Crippen LogP contribution in [0.15, 0.2) is 18.2 Å². The molecule has 0 bridgehead atoms. The first-order chi connectivity index (χ1) is 8.61. The molecule has 1 atom stereocenters. The van der Waals surface area contributed by atoms with E-state index in [1.807, 2.05) is 32.0 Å². The average Bonchev–Trinajstić information content (AvgIpc) is 2.67. The number of ether oxygens (including phenoxy) is 1. The Hall–Kier alpha value is -1.31. The summed E-state index contributed by atoms with van der Waals surface area (Å²) < 4.78 is 5.22. The maximum atomic E-state index is 11.8. The van der Waals surface area contributed by atoms with E-state index in [0.29, 0.717) is 18.3 Å². The Morgan fingerprint density at radius 1 is 1.33 bits per heavy atom. The van der Waals surface area contributed by atoms with Gasteiger partial charge in [-0.25, -0.2) is 0 Å². The van der Waals surface area contributed by atoms with Crippen LogP contribution in [0.4, 0.5) is 0 Å². The molecule has 0 N–H and O–H groups in total. The average molecular weight is 248 g/mol. The first-order valence-corrected chi connectivity index (χ1v) is 6.83. The Balaban J connectivity index is 0.000000771. The number of carbonyl (C=O) groups excluding carboxylic acids is 1. The van der Waals surface area contributed by atoms with Gasteiger partial charge in [0, 0.05) is 12.0 Å². The monoisotopic (exact) mass is 248 g/mol. The lowest BCUT2D eigenvalue weighted by Crippen LogP contribution is -1.99. The van der Waals surface area contributed by atoms with E-state index in [4.69, 9.17) is 4.74 Å². The van der Waals surface area contributed by atoms with Crippen LogP contribution in [0.25, 0.3) is 0 Å². The molecule has 1 aliphatic rings. The number of hydrogen-bond donors (Lipinski definition) is 0. The van der Waals surface area contributed by atoms with Crippen LogP contribution in [0, 0.1) is 5.92 Å². The molecular weight excluding hydrogens is 224 g/mol. The fourth-order valence-corrected chi connectivity index (χ4v) is 2.48. The van der Waals surface area contributed by atoms with Gasteiger partial charge in [0.05, 0.1) is 7.11 Å². The van der Waals surface area contributed by atoms with Crippen molar-refractivity contribution in [3.8, 4) is 5.75 Å². The second-order valence-corrected chi connectivity index (χ2v) is 4.91. The zero-order valence-corrected chi connectivity index (χ0v) is 12.1. The molecule has 2 rings (SSSR count). The fraction of sp³-hybridized carbons (Fsp3) is 0.562. The highest BCUT2D eigenvalue weighted by Crippen LogP contribution is 2.38. The van der Waals surface area contributed by atoms with Crippen molar-refractivity contribution in [3.05, 3.63) is 29.3 Å². The third-order valence-corrected chi connectivity index (χ3v) is 3.19. The molecule has 0 saturated heterocycles. The van der Waals surface area contributed by atoms with Crippen molar-refractivity contribution >= 4 is 5.78 Å². The Kier molecular flexibility index (Phi) is 5.39. The lowest BCUT2D eigenvalue weighted by molar-refractivity contribution is 0.0987. The van der Waals surface area contributed by atoms with Crippen LogP contribution in [0.1, 0.15) is 62.4 Å². The summed E-state index contributed by atoms with van der Waals surface area (Å²) in [5, 5.41) is 0. The first kappa shape index (κ1) is 14.7. The van der Waals surface area contributed by atoms with Gasteiger partial charge in [-0.3, -0.25) is 4.79 Å². The Labute approximate surface area is 110 Å². The number of benzene rings is 1. The van der Waals surface area contributed by atoms with Gasteiger partial charge in [0.15, 0.2) is 5.78 Å². The molecular formula is C16H24O2. The van der Waals surface area contributed by atoms with Gasteiger partial charge in [0.1, 0.15) is 5.75 Å². The zero-order chi connectivity index (χ0) is 13.7. The summed E-state index contributed by atoms with van der Waals surface area (Å²) in [6, 6.07) is 5.79. The Morgan fingerprint density at radius 3 is 2.56 bits per heavy atom. The van der Waals surface area contributed by atoms with Gasteiger partial charge in [-0.2, -0.15) is 0 Å². The zero-order valence-electron chi connectivity index (χ0n) is 12.1. The third kappa shape index (κ3) is 3.12. The topological polar surface area (TPSA) is 26.3 Å². The molecule has 0 aromatic heterocycles. The number of ketones is 1. The van der Waals surface area contributed by atoms with Crippen molar-refractivity contribution in [1.82, 2.24) is 0 Å². The molecule has 0 saturated carbocycles. The van der Waals surface area contributed by atoms with Gasteiger partial charge in [-0.15, -0.1) is 0 Å². The van der Waals surface area contributed by atoms with E-state index in [9.17, 15) is 4.79 Å². The van der Waals surface area contributed by atoms with Crippen molar-refractivity contribution in [3.63, 3.8) is 0 Å². The largest absolute Gasteiger partial charge is 0.497 e. The van der Waals surface area contributed by atoms with Crippen molar-refractivity contribution in [2.45, 2.75) is 46.5 Å². The molecule has 0 aliphatic heterocycles.